The van der Waals surface area contributed by atoms with E-state index in [2.05, 4.69) is 15.3 Å². The molecule has 2 aromatic carbocycles. The molecule has 1 saturated carbocycles. The van der Waals surface area contributed by atoms with Gasteiger partial charge in [0.25, 0.3) is 5.91 Å². The number of aromatic nitrogens is 2. The summed E-state index contributed by atoms with van der Waals surface area (Å²) in [6, 6.07) is 9.38. The average Bonchev–Trinajstić information content (AvgIpc) is 3.75. The number of nitrogens with two attached hydrogens (primary N) is 1. The molecule has 1 fully saturated rings. The fourth-order valence-electron chi connectivity index (χ4n) is 5.03. The third kappa shape index (κ3) is 5.28. The molecule has 2 atom stereocenters. The van der Waals surface area contributed by atoms with Gasteiger partial charge in [-0.2, -0.15) is 13.2 Å². The number of carbonyl (C=O) groups is 2. The zero-order valence-corrected chi connectivity index (χ0v) is 23.5. The lowest BCUT2D eigenvalue weighted by molar-refractivity contribution is -0.265. The predicted molar refractivity (Wildman–Crippen MR) is 149 cm³/mol. The molecule has 9 nitrogen and oxygen atoms in total. The van der Waals surface area contributed by atoms with Gasteiger partial charge < -0.3 is 25.6 Å². The summed E-state index contributed by atoms with van der Waals surface area (Å²) in [5.74, 6) is -4.36. The second kappa shape index (κ2) is 10.6. The number of fused-ring (bicyclic) bond motifs is 2. The smallest absolute Gasteiger partial charge is 0.424 e. The first-order valence-corrected chi connectivity index (χ1v) is 13.8. The predicted octanol–water partition coefficient (Wildman–Crippen LogP) is 4.43. The largest absolute Gasteiger partial charge is 0.489 e. The minimum Gasteiger partial charge on any atom is -0.489 e. The van der Waals surface area contributed by atoms with Crippen LogP contribution in [-0.4, -0.2) is 52.3 Å². The van der Waals surface area contributed by atoms with Crippen molar-refractivity contribution in [3.8, 4) is 22.8 Å². The second-order valence-electron chi connectivity index (χ2n) is 11.3. The number of benzene rings is 2. The fraction of sp³-hybridized carbons (Fsp3) is 0.290. The Balaban J connectivity index is 1.41. The highest BCUT2D eigenvalue weighted by Crippen LogP contribution is 2.48. The van der Waals surface area contributed by atoms with Crippen LogP contribution in [0.5, 0.6) is 11.5 Å². The molecule has 0 bridgehead atoms. The number of aliphatic hydroxyl groups is 1. The maximum absolute atomic E-state index is 14.7. The van der Waals surface area contributed by atoms with Gasteiger partial charge in [0, 0.05) is 28.3 Å². The van der Waals surface area contributed by atoms with Crippen molar-refractivity contribution in [3.05, 3.63) is 83.2 Å². The number of nitrogens with zero attached hydrogens (tertiary/aromatic N) is 2. The Labute approximate surface area is 252 Å². The van der Waals surface area contributed by atoms with Crippen molar-refractivity contribution in [3.63, 3.8) is 0 Å². The van der Waals surface area contributed by atoms with Crippen LogP contribution < -0.4 is 20.5 Å². The summed E-state index contributed by atoms with van der Waals surface area (Å²) in [7, 11) is 0. The summed E-state index contributed by atoms with van der Waals surface area (Å²) in [6.07, 6.45) is -2.33. The van der Waals surface area contributed by atoms with Crippen LogP contribution in [0, 0.1) is 11.6 Å². The number of hydrogen-bond donors (Lipinski definition) is 3. The molecule has 6 rings (SSSR count). The number of nitrogens with one attached hydrogen (secondary N) is 1. The molecular formula is C31H25F5N4O5. The molecule has 14 heteroatoms. The van der Waals surface area contributed by atoms with E-state index in [0.29, 0.717) is 17.0 Å². The number of hydrogen-bond acceptors (Lipinski definition) is 7. The van der Waals surface area contributed by atoms with Crippen LogP contribution in [-0.2, 0) is 15.8 Å². The van der Waals surface area contributed by atoms with Gasteiger partial charge in [-0.05, 0) is 62.2 Å². The highest BCUT2D eigenvalue weighted by molar-refractivity contribution is 6.00. The number of ether oxygens (including phenoxy) is 2. The SMILES string of the molecule is C[C@]1(C(N)=O)COc2c1cc(C(O)(CNC(=O)c1cc(OC3CC3)c3ncccc3c1)C(F)(F)F)nc2-c1ccc(F)c(F)c1. The normalized spacial score (nSPS) is 19.0. The lowest BCUT2D eigenvalue weighted by Gasteiger charge is -2.31. The van der Waals surface area contributed by atoms with Crippen LogP contribution >= 0.6 is 0 Å². The van der Waals surface area contributed by atoms with Crippen LogP contribution in [0.4, 0.5) is 22.0 Å². The van der Waals surface area contributed by atoms with Gasteiger partial charge in [0.2, 0.25) is 11.5 Å². The number of alkyl halides is 3. The Hall–Kier alpha value is -4.85. The molecule has 2 amide bonds. The molecule has 4 aromatic rings. The monoisotopic (exact) mass is 628 g/mol. The number of pyridine rings is 2. The lowest BCUT2D eigenvalue weighted by atomic mass is 9.81. The van der Waals surface area contributed by atoms with E-state index in [9.17, 15) is 36.6 Å². The van der Waals surface area contributed by atoms with Crippen molar-refractivity contribution in [1.29, 1.82) is 0 Å². The van der Waals surface area contributed by atoms with E-state index in [4.69, 9.17) is 15.2 Å². The van der Waals surface area contributed by atoms with E-state index in [1.54, 1.807) is 12.1 Å². The number of halogens is 5. The summed E-state index contributed by atoms with van der Waals surface area (Å²) in [5, 5.41) is 13.9. The van der Waals surface area contributed by atoms with Gasteiger partial charge in [0.1, 0.15) is 34.7 Å². The van der Waals surface area contributed by atoms with E-state index < -0.39 is 58.6 Å². The molecular weight excluding hydrogens is 603 g/mol. The Morgan fingerprint density at radius 3 is 2.56 bits per heavy atom. The molecule has 3 heterocycles. The highest BCUT2D eigenvalue weighted by atomic mass is 19.4. The number of rotatable bonds is 8. The van der Waals surface area contributed by atoms with Crippen molar-refractivity contribution in [1.82, 2.24) is 15.3 Å². The zero-order valence-electron chi connectivity index (χ0n) is 23.5. The van der Waals surface area contributed by atoms with Crippen molar-refractivity contribution in [2.75, 3.05) is 13.2 Å². The summed E-state index contributed by atoms with van der Waals surface area (Å²) >= 11 is 0. The number of carbonyl (C=O) groups excluding carboxylic acids is 2. The molecule has 234 valence electrons. The molecule has 1 unspecified atom stereocenters. The van der Waals surface area contributed by atoms with E-state index in [0.717, 1.165) is 31.0 Å². The molecule has 1 aliphatic heterocycles. The van der Waals surface area contributed by atoms with E-state index in [-0.39, 0.29) is 40.9 Å². The Morgan fingerprint density at radius 2 is 1.89 bits per heavy atom. The Morgan fingerprint density at radius 1 is 1.13 bits per heavy atom. The van der Waals surface area contributed by atoms with Gasteiger partial charge in [0.05, 0.1) is 18.3 Å². The molecule has 1 aliphatic carbocycles. The van der Waals surface area contributed by atoms with E-state index in [1.165, 1.54) is 25.3 Å². The maximum atomic E-state index is 14.7. The molecule has 2 aromatic heterocycles. The third-order valence-corrected chi connectivity index (χ3v) is 7.96. The fourth-order valence-corrected chi connectivity index (χ4v) is 5.03. The Kier molecular flexibility index (Phi) is 7.14. The lowest BCUT2D eigenvalue weighted by Crippen LogP contribution is -2.51. The van der Waals surface area contributed by atoms with E-state index >= 15 is 0 Å². The molecule has 0 saturated heterocycles. The topological polar surface area (TPSA) is 137 Å². The minimum atomic E-state index is -5.43. The molecule has 45 heavy (non-hydrogen) atoms. The van der Waals surface area contributed by atoms with Gasteiger partial charge in [-0.15, -0.1) is 0 Å². The molecule has 0 radical (unpaired) electrons. The van der Waals surface area contributed by atoms with Crippen LogP contribution in [0.15, 0.2) is 54.7 Å². The van der Waals surface area contributed by atoms with Crippen molar-refractivity contribution in [2.24, 2.45) is 5.73 Å². The summed E-state index contributed by atoms with van der Waals surface area (Å²) in [5.41, 5.74) is -1.27. The average molecular weight is 629 g/mol. The highest BCUT2D eigenvalue weighted by Gasteiger charge is 2.57. The van der Waals surface area contributed by atoms with Gasteiger partial charge in [-0.1, -0.05) is 6.07 Å². The van der Waals surface area contributed by atoms with Crippen LogP contribution in [0.2, 0.25) is 0 Å². The van der Waals surface area contributed by atoms with Crippen LogP contribution in [0.1, 0.15) is 41.4 Å². The first kappa shape index (κ1) is 30.2. The van der Waals surface area contributed by atoms with Crippen molar-refractivity contribution >= 4 is 22.7 Å². The summed E-state index contributed by atoms with van der Waals surface area (Å²) in [6.45, 7) is -0.469. The number of amides is 2. The zero-order chi connectivity index (χ0) is 32.3. The van der Waals surface area contributed by atoms with Crippen LogP contribution in [0.25, 0.3) is 22.2 Å². The van der Waals surface area contributed by atoms with E-state index in [1.807, 2.05) is 0 Å². The molecule has 0 spiro atoms. The second-order valence-corrected chi connectivity index (χ2v) is 11.3. The Bertz CT molecular complexity index is 1860. The minimum absolute atomic E-state index is 0.0465. The summed E-state index contributed by atoms with van der Waals surface area (Å²) in [4.78, 5) is 33.9. The van der Waals surface area contributed by atoms with Crippen LogP contribution in [0.3, 0.4) is 0 Å². The summed E-state index contributed by atoms with van der Waals surface area (Å²) < 4.78 is 83.5. The standard InChI is InChI=1S/C31H25F5N4O5/c1-29(28(37)42)14-44-26-19(29)12-23(40-25(26)16-4-7-20(32)21(33)10-16)30(43,31(34,35)36)13-39-27(41)17-9-15-3-2-8-38-24(15)22(11-17)45-18-5-6-18/h2-4,7-12,18,43H,5-6,13-14H2,1H3,(H2,37,42)(H,39,41)/t29-,30?/m0/s1. The van der Waals surface area contributed by atoms with Gasteiger partial charge in [-0.3, -0.25) is 14.6 Å². The first-order valence-electron chi connectivity index (χ1n) is 13.8. The number of primary amides is 1. The molecule has 2 aliphatic rings. The quantitative estimate of drug-likeness (QED) is 0.246. The molecule has 4 N–H and O–H groups in total. The van der Waals surface area contributed by atoms with Gasteiger partial charge in [0.15, 0.2) is 11.6 Å². The van der Waals surface area contributed by atoms with Crippen molar-refractivity contribution < 1.29 is 46.1 Å². The van der Waals surface area contributed by atoms with Gasteiger partial charge >= 0.3 is 6.18 Å². The third-order valence-electron chi connectivity index (χ3n) is 7.96. The maximum Gasteiger partial charge on any atom is 0.424 e. The first-order chi connectivity index (χ1) is 21.2. The van der Waals surface area contributed by atoms with Gasteiger partial charge in [-0.25, -0.2) is 13.8 Å². The van der Waals surface area contributed by atoms with Crippen molar-refractivity contribution in [2.45, 2.75) is 43.1 Å².